The molecule has 2 heterocycles. The molecule has 0 bridgehead atoms. The van der Waals surface area contributed by atoms with Crippen molar-refractivity contribution in [1.29, 1.82) is 0 Å². The normalized spacial score (nSPS) is 15.7. The number of nitrogens with zero attached hydrogens (tertiary/aromatic N) is 2. The molecule has 84 valence electrons. The predicted octanol–water partition coefficient (Wildman–Crippen LogP) is 2.14. The SMILES string of the molecule is CCC1=C(CC)C(=O)n2ncc(C)c2C1=O. The Kier molecular flexibility index (Phi) is 2.50. The first-order chi connectivity index (χ1) is 7.61. The van der Waals surface area contributed by atoms with Crippen LogP contribution in [0.2, 0.25) is 0 Å². The number of hydrogen-bond acceptors (Lipinski definition) is 3. The zero-order valence-electron chi connectivity index (χ0n) is 9.70. The molecule has 16 heavy (non-hydrogen) atoms. The number of carbonyl (C=O) groups excluding carboxylic acids is 2. The number of fused-ring (bicyclic) bond motifs is 1. The van der Waals surface area contributed by atoms with Gasteiger partial charge in [0.25, 0.3) is 5.91 Å². The van der Waals surface area contributed by atoms with Crippen LogP contribution in [0.1, 0.15) is 47.5 Å². The van der Waals surface area contributed by atoms with E-state index >= 15 is 0 Å². The highest BCUT2D eigenvalue weighted by Crippen LogP contribution is 2.26. The smallest absolute Gasteiger partial charge is 0.275 e. The first-order valence-electron chi connectivity index (χ1n) is 5.47. The van der Waals surface area contributed by atoms with Crippen molar-refractivity contribution in [1.82, 2.24) is 9.78 Å². The van der Waals surface area contributed by atoms with E-state index in [0.717, 1.165) is 5.56 Å². The average molecular weight is 218 g/mol. The van der Waals surface area contributed by atoms with Crippen molar-refractivity contribution in [2.45, 2.75) is 33.6 Å². The van der Waals surface area contributed by atoms with Gasteiger partial charge >= 0.3 is 0 Å². The third-order valence-corrected chi connectivity index (χ3v) is 2.96. The van der Waals surface area contributed by atoms with Crippen molar-refractivity contribution in [3.63, 3.8) is 0 Å². The second kappa shape index (κ2) is 3.70. The van der Waals surface area contributed by atoms with E-state index in [1.807, 2.05) is 13.8 Å². The van der Waals surface area contributed by atoms with E-state index in [4.69, 9.17) is 0 Å². The number of Topliss-reactive ketones (excluding diaryl/α,β-unsaturated/α-hetero) is 1. The predicted molar refractivity (Wildman–Crippen MR) is 59.5 cm³/mol. The molecule has 1 aliphatic rings. The van der Waals surface area contributed by atoms with Crippen molar-refractivity contribution in [2.75, 3.05) is 0 Å². The van der Waals surface area contributed by atoms with Crippen molar-refractivity contribution in [3.05, 3.63) is 28.6 Å². The molecular formula is C12H14N2O2. The third-order valence-electron chi connectivity index (χ3n) is 2.96. The topological polar surface area (TPSA) is 52.0 Å². The molecule has 4 nitrogen and oxygen atoms in total. The average Bonchev–Trinajstić information content (AvgIpc) is 2.65. The van der Waals surface area contributed by atoms with E-state index in [9.17, 15) is 9.59 Å². The maximum absolute atomic E-state index is 12.2. The second-order valence-corrected chi connectivity index (χ2v) is 3.89. The standard InChI is InChI=1S/C12H14N2O2/c1-4-8-9(5-2)12(16)14-10(11(8)15)7(3)6-13-14/h6H,4-5H2,1-3H3. The molecule has 0 atom stereocenters. The van der Waals surface area contributed by atoms with Crippen molar-refractivity contribution >= 4 is 11.7 Å². The molecule has 1 aromatic heterocycles. The highest BCUT2D eigenvalue weighted by atomic mass is 16.2. The van der Waals surface area contributed by atoms with Gasteiger partial charge < -0.3 is 0 Å². The molecule has 0 saturated carbocycles. The Labute approximate surface area is 94.0 Å². The van der Waals surface area contributed by atoms with Gasteiger partial charge in [-0.25, -0.2) is 0 Å². The van der Waals surface area contributed by atoms with Gasteiger partial charge in [0.15, 0.2) is 0 Å². The summed E-state index contributed by atoms with van der Waals surface area (Å²) in [6, 6.07) is 0. The Balaban J connectivity index is 2.68. The Bertz CT molecular complexity index is 509. The number of rotatable bonds is 2. The lowest BCUT2D eigenvalue weighted by molar-refractivity contribution is 0.0885. The van der Waals surface area contributed by atoms with E-state index in [-0.39, 0.29) is 11.7 Å². The fraction of sp³-hybridized carbons (Fsp3) is 0.417. The molecule has 0 spiro atoms. The molecule has 0 amide bonds. The summed E-state index contributed by atoms with van der Waals surface area (Å²) in [4.78, 5) is 24.2. The minimum atomic E-state index is -0.151. The van der Waals surface area contributed by atoms with Crippen LogP contribution < -0.4 is 0 Å². The lowest BCUT2D eigenvalue weighted by Gasteiger charge is -2.18. The van der Waals surface area contributed by atoms with Gasteiger partial charge in [0.05, 0.1) is 6.20 Å². The third kappa shape index (κ3) is 1.26. The Hall–Kier alpha value is -1.71. The first kappa shape index (κ1) is 10.8. The number of ketones is 1. The van der Waals surface area contributed by atoms with Crippen LogP contribution in [-0.4, -0.2) is 21.5 Å². The van der Waals surface area contributed by atoms with E-state index in [2.05, 4.69) is 5.10 Å². The Morgan fingerprint density at radius 1 is 1.19 bits per heavy atom. The summed E-state index contributed by atoms with van der Waals surface area (Å²) in [7, 11) is 0. The molecule has 1 aliphatic heterocycles. The molecule has 0 N–H and O–H groups in total. The minimum Gasteiger partial charge on any atom is -0.287 e. The molecular weight excluding hydrogens is 204 g/mol. The van der Waals surface area contributed by atoms with Gasteiger partial charge in [-0.15, -0.1) is 0 Å². The lowest BCUT2D eigenvalue weighted by atomic mass is 9.93. The zero-order valence-corrected chi connectivity index (χ0v) is 9.70. The van der Waals surface area contributed by atoms with Crippen LogP contribution in [0.15, 0.2) is 17.3 Å². The van der Waals surface area contributed by atoms with E-state index in [1.165, 1.54) is 4.68 Å². The largest absolute Gasteiger partial charge is 0.287 e. The molecule has 0 unspecified atom stereocenters. The number of carbonyl (C=O) groups is 2. The Morgan fingerprint density at radius 2 is 1.81 bits per heavy atom. The van der Waals surface area contributed by atoms with Crippen LogP contribution in [0.25, 0.3) is 0 Å². The van der Waals surface area contributed by atoms with E-state index in [1.54, 1.807) is 13.1 Å². The molecule has 2 rings (SSSR count). The summed E-state index contributed by atoms with van der Waals surface area (Å²) in [6.45, 7) is 5.59. The van der Waals surface area contributed by atoms with Crippen molar-refractivity contribution < 1.29 is 9.59 Å². The fourth-order valence-electron chi connectivity index (χ4n) is 2.13. The maximum Gasteiger partial charge on any atom is 0.275 e. The summed E-state index contributed by atoms with van der Waals surface area (Å²) < 4.78 is 1.23. The molecule has 0 aliphatic carbocycles. The quantitative estimate of drug-likeness (QED) is 0.764. The van der Waals surface area contributed by atoms with Gasteiger partial charge in [-0.3, -0.25) is 9.59 Å². The molecule has 1 aromatic rings. The van der Waals surface area contributed by atoms with Crippen LogP contribution in [0.5, 0.6) is 0 Å². The van der Waals surface area contributed by atoms with Gasteiger partial charge in [-0.05, 0) is 25.3 Å². The zero-order chi connectivity index (χ0) is 11.9. The van der Waals surface area contributed by atoms with Gasteiger partial charge in [-0.1, -0.05) is 13.8 Å². The van der Waals surface area contributed by atoms with E-state index < -0.39 is 0 Å². The van der Waals surface area contributed by atoms with Crippen LogP contribution in [0.4, 0.5) is 0 Å². The minimum absolute atomic E-state index is 0.0473. The van der Waals surface area contributed by atoms with Crippen LogP contribution >= 0.6 is 0 Å². The summed E-state index contributed by atoms with van der Waals surface area (Å²) >= 11 is 0. The fourth-order valence-corrected chi connectivity index (χ4v) is 2.13. The highest BCUT2D eigenvalue weighted by molar-refractivity contribution is 6.19. The van der Waals surface area contributed by atoms with Gasteiger partial charge in [0, 0.05) is 11.1 Å². The number of aromatic nitrogens is 2. The van der Waals surface area contributed by atoms with E-state index in [0.29, 0.717) is 29.7 Å². The molecule has 0 saturated heterocycles. The van der Waals surface area contributed by atoms with Crippen LogP contribution in [-0.2, 0) is 0 Å². The maximum atomic E-state index is 12.2. The molecule has 0 radical (unpaired) electrons. The summed E-state index contributed by atoms with van der Waals surface area (Å²) in [5, 5.41) is 3.97. The molecule has 0 fully saturated rings. The van der Waals surface area contributed by atoms with Gasteiger partial charge in [0.2, 0.25) is 5.78 Å². The van der Waals surface area contributed by atoms with Crippen molar-refractivity contribution in [3.8, 4) is 0 Å². The number of hydrogen-bond donors (Lipinski definition) is 0. The Morgan fingerprint density at radius 3 is 2.38 bits per heavy atom. The highest BCUT2D eigenvalue weighted by Gasteiger charge is 2.32. The van der Waals surface area contributed by atoms with Crippen LogP contribution in [0, 0.1) is 6.92 Å². The van der Waals surface area contributed by atoms with Crippen molar-refractivity contribution in [2.24, 2.45) is 0 Å². The first-order valence-corrected chi connectivity index (χ1v) is 5.47. The van der Waals surface area contributed by atoms with Gasteiger partial charge in [-0.2, -0.15) is 9.78 Å². The molecule has 4 heteroatoms. The molecule has 0 aromatic carbocycles. The van der Waals surface area contributed by atoms with Gasteiger partial charge in [0.1, 0.15) is 5.69 Å². The van der Waals surface area contributed by atoms with Crippen LogP contribution in [0.3, 0.4) is 0 Å². The number of aryl methyl sites for hydroxylation is 1. The number of allylic oxidation sites excluding steroid dienone is 2. The summed E-state index contributed by atoms with van der Waals surface area (Å²) in [6.07, 6.45) is 2.74. The second-order valence-electron chi connectivity index (χ2n) is 3.89. The lowest BCUT2D eigenvalue weighted by Crippen LogP contribution is -2.28. The summed E-state index contributed by atoms with van der Waals surface area (Å²) in [5.74, 6) is -0.198. The monoisotopic (exact) mass is 218 g/mol. The summed E-state index contributed by atoms with van der Waals surface area (Å²) in [5.41, 5.74) is 2.44.